The minimum Gasteiger partial charge on any atom is -0.369 e. The third-order valence-electron chi connectivity index (χ3n) is 2.19. The number of amides is 2. The number of hydrazine groups is 1. The topological polar surface area (TPSA) is 101 Å². The monoisotopic (exact) mass is 216 g/mol. The van der Waals surface area contributed by atoms with Gasteiger partial charge in [0, 0.05) is 18.5 Å². The van der Waals surface area contributed by atoms with Crippen molar-refractivity contribution in [3.05, 3.63) is 0 Å². The zero-order chi connectivity index (χ0) is 12.0. The van der Waals surface area contributed by atoms with E-state index in [1.807, 2.05) is 18.7 Å². The zero-order valence-corrected chi connectivity index (χ0v) is 9.49. The minimum atomic E-state index is -0.399. The number of hydrogen-bond donors (Lipinski definition) is 3. The fourth-order valence-corrected chi connectivity index (χ4v) is 1.24. The molecular formula is C9H20N4O2. The first kappa shape index (κ1) is 13.9. The number of rotatable bonds is 6. The van der Waals surface area contributed by atoms with Gasteiger partial charge in [-0.3, -0.25) is 19.9 Å². The first-order valence-corrected chi connectivity index (χ1v) is 4.91. The average molecular weight is 216 g/mol. The first-order valence-electron chi connectivity index (χ1n) is 4.91. The molecule has 0 heterocycles. The molecule has 6 nitrogen and oxygen atoms in total. The molecular weight excluding hydrogens is 196 g/mol. The van der Waals surface area contributed by atoms with Crippen LogP contribution in [0.1, 0.15) is 20.8 Å². The van der Waals surface area contributed by atoms with Crippen molar-refractivity contribution in [2.24, 2.45) is 17.5 Å². The number of nitrogens with zero attached hydrogens (tertiary/aromatic N) is 1. The second-order valence-corrected chi connectivity index (χ2v) is 3.90. The second kappa shape index (κ2) is 6.36. The lowest BCUT2D eigenvalue weighted by atomic mass is 10.1. The normalized spacial score (nSPS) is 12.9. The molecule has 0 radical (unpaired) electrons. The van der Waals surface area contributed by atoms with Crippen LogP contribution in [0.3, 0.4) is 0 Å². The van der Waals surface area contributed by atoms with Crippen LogP contribution >= 0.6 is 0 Å². The SMILES string of the molecule is CC(CN(CC(N)=O)C(C)C)C(=O)NN. The molecule has 0 aromatic carbocycles. The maximum atomic E-state index is 11.2. The van der Waals surface area contributed by atoms with Gasteiger partial charge in [-0.1, -0.05) is 6.92 Å². The number of hydrogen-bond acceptors (Lipinski definition) is 4. The Morgan fingerprint density at radius 3 is 2.20 bits per heavy atom. The third kappa shape index (κ3) is 5.34. The van der Waals surface area contributed by atoms with Crippen molar-refractivity contribution in [1.29, 1.82) is 0 Å². The average Bonchev–Trinajstić information content (AvgIpc) is 2.14. The number of nitrogens with two attached hydrogens (primary N) is 2. The number of primary amides is 1. The molecule has 0 aromatic heterocycles. The Bertz CT molecular complexity index is 230. The fraction of sp³-hybridized carbons (Fsp3) is 0.778. The van der Waals surface area contributed by atoms with E-state index in [0.717, 1.165) is 0 Å². The molecule has 1 unspecified atom stereocenters. The molecule has 0 rings (SSSR count). The summed E-state index contributed by atoms with van der Waals surface area (Å²) < 4.78 is 0. The summed E-state index contributed by atoms with van der Waals surface area (Å²) in [5.74, 6) is 4.11. The Morgan fingerprint density at radius 2 is 1.87 bits per heavy atom. The summed E-state index contributed by atoms with van der Waals surface area (Å²) in [6.45, 7) is 6.24. The molecule has 6 heteroatoms. The van der Waals surface area contributed by atoms with E-state index >= 15 is 0 Å². The summed E-state index contributed by atoms with van der Waals surface area (Å²) in [6.07, 6.45) is 0. The molecule has 0 saturated carbocycles. The molecule has 0 saturated heterocycles. The van der Waals surface area contributed by atoms with E-state index in [1.165, 1.54) is 0 Å². The molecule has 0 bridgehead atoms. The van der Waals surface area contributed by atoms with E-state index in [1.54, 1.807) is 6.92 Å². The first-order chi connectivity index (χ1) is 6.88. The molecule has 5 N–H and O–H groups in total. The lowest BCUT2D eigenvalue weighted by molar-refractivity contribution is -0.126. The van der Waals surface area contributed by atoms with Gasteiger partial charge in [-0.25, -0.2) is 5.84 Å². The Hall–Kier alpha value is -1.14. The van der Waals surface area contributed by atoms with Crippen LogP contribution in [0, 0.1) is 5.92 Å². The second-order valence-electron chi connectivity index (χ2n) is 3.90. The van der Waals surface area contributed by atoms with Gasteiger partial charge in [-0.05, 0) is 13.8 Å². The molecule has 0 aliphatic rings. The summed E-state index contributed by atoms with van der Waals surface area (Å²) in [7, 11) is 0. The van der Waals surface area contributed by atoms with Crippen LogP contribution in [0.2, 0.25) is 0 Å². The van der Waals surface area contributed by atoms with Gasteiger partial charge in [0.05, 0.1) is 6.54 Å². The van der Waals surface area contributed by atoms with Crippen molar-refractivity contribution in [3.8, 4) is 0 Å². The highest BCUT2D eigenvalue weighted by molar-refractivity contribution is 5.78. The largest absolute Gasteiger partial charge is 0.369 e. The molecule has 0 fully saturated rings. The maximum Gasteiger partial charge on any atom is 0.237 e. The van der Waals surface area contributed by atoms with E-state index in [9.17, 15) is 9.59 Å². The van der Waals surface area contributed by atoms with Crippen molar-refractivity contribution in [3.63, 3.8) is 0 Å². The molecule has 0 aliphatic carbocycles. The molecule has 0 spiro atoms. The zero-order valence-electron chi connectivity index (χ0n) is 9.49. The van der Waals surface area contributed by atoms with Crippen molar-refractivity contribution in [2.75, 3.05) is 13.1 Å². The van der Waals surface area contributed by atoms with Crippen LogP contribution in [0.15, 0.2) is 0 Å². The van der Waals surface area contributed by atoms with Gasteiger partial charge in [0.2, 0.25) is 11.8 Å². The summed E-state index contributed by atoms with van der Waals surface area (Å²) in [6, 6.07) is 0.158. The van der Waals surface area contributed by atoms with Crippen LogP contribution < -0.4 is 17.0 Å². The van der Waals surface area contributed by atoms with Crippen LogP contribution in [0.5, 0.6) is 0 Å². The molecule has 2 amide bonds. The Morgan fingerprint density at radius 1 is 1.33 bits per heavy atom. The number of carbonyl (C=O) groups excluding carboxylic acids is 2. The van der Waals surface area contributed by atoms with Crippen molar-refractivity contribution in [1.82, 2.24) is 10.3 Å². The van der Waals surface area contributed by atoms with Gasteiger partial charge >= 0.3 is 0 Å². The Balaban J connectivity index is 4.28. The van der Waals surface area contributed by atoms with Gasteiger partial charge < -0.3 is 5.73 Å². The van der Waals surface area contributed by atoms with Crippen LogP contribution in [0.4, 0.5) is 0 Å². The molecule has 0 aromatic rings. The molecule has 0 aliphatic heterocycles. The van der Waals surface area contributed by atoms with Crippen LogP contribution in [-0.4, -0.2) is 35.8 Å². The van der Waals surface area contributed by atoms with Gasteiger partial charge in [-0.2, -0.15) is 0 Å². The smallest absolute Gasteiger partial charge is 0.237 e. The third-order valence-corrected chi connectivity index (χ3v) is 2.19. The van der Waals surface area contributed by atoms with Crippen molar-refractivity contribution >= 4 is 11.8 Å². The quantitative estimate of drug-likeness (QED) is 0.295. The van der Waals surface area contributed by atoms with E-state index in [0.29, 0.717) is 6.54 Å². The van der Waals surface area contributed by atoms with Crippen molar-refractivity contribution < 1.29 is 9.59 Å². The molecule has 1 atom stereocenters. The summed E-state index contributed by atoms with van der Waals surface area (Å²) >= 11 is 0. The molecule has 15 heavy (non-hydrogen) atoms. The predicted octanol–water partition coefficient (Wildman–Crippen LogP) is -1.19. The predicted molar refractivity (Wildman–Crippen MR) is 57.4 cm³/mol. The lowest BCUT2D eigenvalue weighted by Crippen LogP contribution is -2.45. The van der Waals surface area contributed by atoms with Gasteiger partial charge in [-0.15, -0.1) is 0 Å². The highest BCUT2D eigenvalue weighted by Crippen LogP contribution is 2.04. The Kier molecular flexibility index (Phi) is 5.88. The van der Waals surface area contributed by atoms with E-state index in [4.69, 9.17) is 11.6 Å². The van der Waals surface area contributed by atoms with Crippen LogP contribution in [0.25, 0.3) is 0 Å². The lowest BCUT2D eigenvalue weighted by Gasteiger charge is -2.27. The van der Waals surface area contributed by atoms with E-state index < -0.39 is 5.91 Å². The minimum absolute atomic E-state index is 0.153. The molecule has 88 valence electrons. The summed E-state index contributed by atoms with van der Waals surface area (Å²) in [5.41, 5.74) is 7.19. The maximum absolute atomic E-state index is 11.2. The van der Waals surface area contributed by atoms with E-state index in [-0.39, 0.29) is 24.4 Å². The van der Waals surface area contributed by atoms with Gasteiger partial charge in [0.15, 0.2) is 0 Å². The summed E-state index contributed by atoms with van der Waals surface area (Å²) in [5, 5.41) is 0. The highest BCUT2D eigenvalue weighted by Gasteiger charge is 2.19. The van der Waals surface area contributed by atoms with Crippen molar-refractivity contribution in [2.45, 2.75) is 26.8 Å². The highest BCUT2D eigenvalue weighted by atomic mass is 16.2. The van der Waals surface area contributed by atoms with Crippen LogP contribution in [-0.2, 0) is 9.59 Å². The summed E-state index contributed by atoms with van der Waals surface area (Å²) in [4.78, 5) is 23.8. The standard InChI is InChI=1S/C9H20N4O2/c1-6(2)13(5-8(10)14)4-7(3)9(15)12-11/h6-7H,4-5,11H2,1-3H3,(H2,10,14)(H,12,15). The fourth-order valence-electron chi connectivity index (χ4n) is 1.24. The van der Waals surface area contributed by atoms with E-state index in [2.05, 4.69) is 5.43 Å². The van der Waals surface area contributed by atoms with Gasteiger partial charge in [0.1, 0.15) is 0 Å². The van der Waals surface area contributed by atoms with Gasteiger partial charge in [0.25, 0.3) is 0 Å². The number of nitrogens with one attached hydrogen (secondary N) is 1. The number of carbonyl (C=O) groups is 2. The Labute approximate surface area is 89.9 Å².